The van der Waals surface area contributed by atoms with Crippen LogP contribution in [0.5, 0.6) is 0 Å². The van der Waals surface area contributed by atoms with Crippen molar-refractivity contribution in [1.29, 1.82) is 0 Å². The average molecular weight is 406 g/mol. The summed E-state index contributed by atoms with van der Waals surface area (Å²) in [5, 5.41) is 6.41. The highest BCUT2D eigenvalue weighted by molar-refractivity contribution is 6.03. The summed E-state index contributed by atoms with van der Waals surface area (Å²) in [7, 11) is 0. The minimum absolute atomic E-state index is 0. The van der Waals surface area contributed by atoms with E-state index in [9.17, 15) is 9.59 Å². The number of carbonyl (C=O) groups is 2. The molecule has 1 fully saturated rings. The molecule has 1 aromatic rings. The number of anilines is 1. The van der Waals surface area contributed by atoms with E-state index in [1.165, 1.54) is 5.56 Å². The van der Waals surface area contributed by atoms with E-state index < -0.39 is 0 Å². The first-order valence-corrected chi connectivity index (χ1v) is 10.2. The third-order valence-electron chi connectivity index (χ3n) is 5.30. The fraction of sp³-hybridized carbons (Fsp3) is 0.545. The smallest absolute Gasteiger partial charge is 0.250 e. The Morgan fingerprint density at radius 2 is 2.07 bits per heavy atom. The van der Waals surface area contributed by atoms with Crippen molar-refractivity contribution in [2.75, 3.05) is 18.0 Å². The summed E-state index contributed by atoms with van der Waals surface area (Å²) in [6, 6.07) is 7.82. The Hall–Kier alpha value is -1.85. The molecule has 0 unspecified atom stereocenters. The molecule has 5 nitrogen and oxygen atoms in total. The van der Waals surface area contributed by atoms with Crippen LogP contribution in [0.2, 0.25) is 0 Å². The van der Waals surface area contributed by atoms with Crippen molar-refractivity contribution in [2.45, 2.75) is 58.0 Å². The molecule has 6 heteroatoms. The third kappa shape index (κ3) is 5.82. The zero-order chi connectivity index (χ0) is 19.2. The molecule has 2 aliphatic rings. The van der Waals surface area contributed by atoms with Crippen molar-refractivity contribution in [1.82, 2.24) is 10.6 Å². The van der Waals surface area contributed by atoms with Gasteiger partial charge in [0.25, 0.3) is 5.91 Å². The molecule has 3 rings (SSSR count). The van der Waals surface area contributed by atoms with Gasteiger partial charge in [-0.1, -0.05) is 44.5 Å². The number of para-hydroxylation sites is 1. The van der Waals surface area contributed by atoms with Crippen molar-refractivity contribution in [2.24, 2.45) is 5.92 Å². The molecular formula is C22H32ClN3O2. The average Bonchev–Trinajstić information content (AvgIpc) is 3.10. The highest BCUT2D eigenvalue weighted by Gasteiger charge is 2.24. The zero-order valence-corrected chi connectivity index (χ0v) is 17.6. The van der Waals surface area contributed by atoms with Crippen LogP contribution in [0, 0.1) is 5.92 Å². The van der Waals surface area contributed by atoms with Crippen LogP contribution >= 0.6 is 12.4 Å². The minimum atomic E-state index is -0.122. The van der Waals surface area contributed by atoms with Gasteiger partial charge in [-0.05, 0) is 49.8 Å². The van der Waals surface area contributed by atoms with E-state index in [2.05, 4.69) is 30.5 Å². The SMILES string of the molecule is CC(C)C[C@@H](C=CC(=O)N1CCc2ccccc21)NC(=O)[C@@H]1CCCCN1.Cl. The number of hydrogen-bond donors (Lipinski definition) is 2. The molecule has 2 aliphatic heterocycles. The lowest BCUT2D eigenvalue weighted by Crippen LogP contribution is -2.49. The van der Waals surface area contributed by atoms with E-state index in [1.54, 1.807) is 6.08 Å². The number of benzene rings is 1. The van der Waals surface area contributed by atoms with E-state index in [-0.39, 0.29) is 36.3 Å². The van der Waals surface area contributed by atoms with Gasteiger partial charge in [0.1, 0.15) is 0 Å². The zero-order valence-electron chi connectivity index (χ0n) is 16.8. The molecule has 2 N–H and O–H groups in total. The Kier molecular flexibility index (Phi) is 8.52. The van der Waals surface area contributed by atoms with Crippen molar-refractivity contribution in [3.8, 4) is 0 Å². The maximum absolute atomic E-state index is 12.7. The number of nitrogens with zero attached hydrogens (tertiary/aromatic N) is 1. The summed E-state index contributed by atoms with van der Waals surface area (Å²) in [5.41, 5.74) is 2.22. The first-order chi connectivity index (χ1) is 13.0. The van der Waals surface area contributed by atoms with Crippen LogP contribution in [-0.4, -0.2) is 37.0 Å². The molecule has 0 radical (unpaired) electrons. The number of halogens is 1. The van der Waals surface area contributed by atoms with Crippen LogP contribution in [0.15, 0.2) is 36.4 Å². The number of nitrogens with one attached hydrogen (secondary N) is 2. The minimum Gasteiger partial charge on any atom is -0.349 e. The predicted molar refractivity (Wildman–Crippen MR) is 116 cm³/mol. The fourth-order valence-corrected chi connectivity index (χ4v) is 3.91. The van der Waals surface area contributed by atoms with E-state index in [0.717, 1.165) is 50.9 Å². The maximum Gasteiger partial charge on any atom is 0.250 e. The number of amides is 2. The van der Waals surface area contributed by atoms with Gasteiger partial charge < -0.3 is 15.5 Å². The number of carbonyl (C=O) groups excluding carboxylic acids is 2. The molecule has 0 bridgehead atoms. The number of hydrogen-bond acceptors (Lipinski definition) is 3. The Morgan fingerprint density at radius 1 is 1.29 bits per heavy atom. The topological polar surface area (TPSA) is 61.4 Å². The van der Waals surface area contributed by atoms with Crippen molar-refractivity contribution < 1.29 is 9.59 Å². The molecule has 154 valence electrons. The van der Waals surface area contributed by atoms with Crippen molar-refractivity contribution >= 4 is 29.9 Å². The quantitative estimate of drug-likeness (QED) is 0.714. The van der Waals surface area contributed by atoms with Crippen LogP contribution in [-0.2, 0) is 16.0 Å². The second-order valence-electron chi connectivity index (χ2n) is 7.97. The van der Waals surface area contributed by atoms with Gasteiger partial charge in [0.05, 0.1) is 6.04 Å². The van der Waals surface area contributed by atoms with Gasteiger partial charge in [-0.3, -0.25) is 9.59 Å². The number of piperidine rings is 1. The fourth-order valence-electron chi connectivity index (χ4n) is 3.91. The molecule has 0 spiro atoms. The summed E-state index contributed by atoms with van der Waals surface area (Å²) < 4.78 is 0. The molecule has 0 aliphatic carbocycles. The molecule has 1 aromatic carbocycles. The standard InChI is InChI=1S/C22H31N3O2.ClH/c1-16(2)15-18(24-22(27)19-8-5-6-13-23-19)10-11-21(26)25-14-12-17-7-3-4-9-20(17)25;/h3-4,7,9-11,16,18-19,23H,5-6,8,12-15H2,1-2H3,(H,24,27);1H/t18-,19+;/m1./s1. The number of fused-ring (bicyclic) bond motifs is 1. The largest absolute Gasteiger partial charge is 0.349 e. The lowest BCUT2D eigenvalue weighted by molar-refractivity contribution is -0.124. The second kappa shape index (κ2) is 10.6. The summed E-state index contributed by atoms with van der Waals surface area (Å²) in [5.74, 6) is 0.463. The van der Waals surface area contributed by atoms with E-state index >= 15 is 0 Å². The first-order valence-electron chi connectivity index (χ1n) is 10.2. The lowest BCUT2D eigenvalue weighted by atomic mass is 10.0. The second-order valence-corrected chi connectivity index (χ2v) is 7.97. The Labute approximate surface area is 174 Å². The molecule has 2 atom stereocenters. The molecule has 1 saturated heterocycles. The Bertz CT molecular complexity index is 699. The van der Waals surface area contributed by atoms with Gasteiger partial charge in [-0.15, -0.1) is 12.4 Å². The summed E-state index contributed by atoms with van der Waals surface area (Å²) in [6.45, 7) is 5.88. The number of rotatable bonds is 6. The van der Waals surface area contributed by atoms with Crippen LogP contribution in [0.4, 0.5) is 5.69 Å². The van der Waals surface area contributed by atoms with Gasteiger partial charge in [-0.2, -0.15) is 0 Å². The van der Waals surface area contributed by atoms with Gasteiger partial charge in [-0.25, -0.2) is 0 Å². The summed E-state index contributed by atoms with van der Waals surface area (Å²) >= 11 is 0. The van der Waals surface area contributed by atoms with Gasteiger partial charge in [0, 0.05) is 24.4 Å². The van der Waals surface area contributed by atoms with E-state index in [1.807, 2.05) is 29.2 Å². The van der Waals surface area contributed by atoms with Crippen LogP contribution in [0.1, 0.15) is 45.1 Å². The van der Waals surface area contributed by atoms with E-state index in [4.69, 9.17) is 0 Å². The first kappa shape index (κ1) is 22.4. The highest BCUT2D eigenvalue weighted by atomic mass is 35.5. The molecule has 0 saturated carbocycles. The van der Waals surface area contributed by atoms with Gasteiger partial charge in [0.15, 0.2) is 0 Å². The van der Waals surface area contributed by atoms with Crippen LogP contribution < -0.4 is 15.5 Å². The summed E-state index contributed by atoms with van der Waals surface area (Å²) in [4.78, 5) is 27.1. The van der Waals surface area contributed by atoms with Gasteiger partial charge >= 0.3 is 0 Å². The van der Waals surface area contributed by atoms with Gasteiger partial charge in [0.2, 0.25) is 5.91 Å². The molecular weight excluding hydrogens is 374 g/mol. The molecule has 0 aromatic heterocycles. The third-order valence-corrected chi connectivity index (χ3v) is 5.30. The van der Waals surface area contributed by atoms with Crippen LogP contribution in [0.3, 0.4) is 0 Å². The Morgan fingerprint density at radius 3 is 2.79 bits per heavy atom. The van der Waals surface area contributed by atoms with Crippen molar-refractivity contribution in [3.05, 3.63) is 42.0 Å². The summed E-state index contributed by atoms with van der Waals surface area (Å²) in [6.07, 6.45) is 8.31. The molecule has 2 heterocycles. The Balaban J connectivity index is 0.00000280. The van der Waals surface area contributed by atoms with Crippen LogP contribution in [0.25, 0.3) is 0 Å². The van der Waals surface area contributed by atoms with E-state index in [0.29, 0.717) is 5.92 Å². The highest BCUT2D eigenvalue weighted by Crippen LogP contribution is 2.27. The normalized spacial score (nSPS) is 20.0. The van der Waals surface area contributed by atoms with Crippen molar-refractivity contribution in [3.63, 3.8) is 0 Å². The monoisotopic (exact) mass is 405 g/mol. The predicted octanol–water partition coefficient (Wildman–Crippen LogP) is 3.23. The maximum atomic E-state index is 12.7. The molecule has 28 heavy (non-hydrogen) atoms. The molecule has 2 amide bonds. The lowest BCUT2D eigenvalue weighted by Gasteiger charge is -2.25.